The summed E-state index contributed by atoms with van der Waals surface area (Å²) in [6, 6.07) is 3.59. The van der Waals surface area contributed by atoms with Gasteiger partial charge in [0.15, 0.2) is 0 Å². The molecule has 1 aromatic rings. The molecule has 1 atom stereocenters. The van der Waals surface area contributed by atoms with Crippen LogP contribution in [-0.2, 0) is 4.74 Å². The van der Waals surface area contributed by atoms with E-state index >= 15 is 0 Å². The van der Waals surface area contributed by atoms with Crippen molar-refractivity contribution in [1.29, 1.82) is 0 Å². The molecule has 2 rings (SSSR count). The average Bonchev–Trinajstić information content (AvgIpc) is 2.90. The highest BCUT2D eigenvalue weighted by molar-refractivity contribution is 5.68. The number of rotatable bonds is 5. The molecule has 0 radical (unpaired) electrons. The Labute approximate surface area is 93.6 Å². The zero-order valence-corrected chi connectivity index (χ0v) is 8.89. The van der Waals surface area contributed by atoms with Gasteiger partial charge >= 0.3 is 6.09 Å². The fourth-order valence-corrected chi connectivity index (χ4v) is 1.59. The molecule has 0 aromatic carbocycles. The van der Waals surface area contributed by atoms with Crippen molar-refractivity contribution in [2.75, 3.05) is 13.2 Å². The highest BCUT2D eigenvalue weighted by Gasteiger charge is 2.25. The maximum atomic E-state index is 11.3. The molecule has 1 N–H and O–H groups in total. The van der Waals surface area contributed by atoms with Gasteiger partial charge in [0.2, 0.25) is 0 Å². The van der Waals surface area contributed by atoms with Gasteiger partial charge in [-0.3, -0.25) is 0 Å². The monoisotopic (exact) mass is 222 g/mol. The van der Waals surface area contributed by atoms with E-state index in [0.717, 1.165) is 5.76 Å². The number of ether oxygens (including phenoxy) is 1. The van der Waals surface area contributed by atoms with Gasteiger partial charge in [-0.05, 0) is 18.6 Å². The Morgan fingerprint density at radius 3 is 3.12 bits per heavy atom. The SMILES string of the molecule is C=CC[C@H](NN1CCOC1=O)c1ccco1. The molecule has 86 valence electrons. The second-order valence-corrected chi connectivity index (χ2v) is 3.49. The van der Waals surface area contributed by atoms with E-state index in [0.29, 0.717) is 19.6 Å². The smallest absolute Gasteiger partial charge is 0.424 e. The van der Waals surface area contributed by atoms with E-state index in [9.17, 15) is 4.79 Å². The molecule has 16 heavy (non-hydrogen) atoms. The van der Waals surface area contributed by atoms with Crippen molar-refractivity contribution in [2.24, 2.45) is 0 Å². The quantitative estimate of drug-likeness (QED) is 0.772. The van der Waals surface area contributed by atoms with Crippen LogP contribution in [0.4, 0.5) is 4.79 Å². The maximum absolute atomic E-state index is 11.3. The van der Waals surface area contributed by atoms with Gasteiger partial charge in [0.25, 0.3) is 0 Å². The van der Waals surface area contributed by atoms with Gasteiger partial charge in [-0.15, -0.1) is 6.58 Å². The van der Waals surface area contributed by atoms with Crippen LogP contribution in [0.15, 0.2) is 35.5 Å². The molecule has 0 bridgehead atoms. The minimum absolute atomic E-state index is 0.0850. The molecule has 1 aliphatic rings. The van der Waals surface area contributed by atoms with Crippen molar-refractivity contribution in [3.63, 3.8) is 0 Å². The minimum Gasteiger partial charge on any atom is -0.468 e. The van der Waals surface area contributed by atoms with Crippen LogP contribution >= 0.6 is 0 Å². The molecule has 0 unspecified atom stereocenters. The zero-order valence-electron chi connectivity index (χ0n) is 8.89. The van der Waals surface area contributed by atoms with Gasteiger partial charge in [-0.2, -0.15) is 0 Å². The summed E-state index contributed by atoms with van der Waals surface area (Å²) >= 11 is 0. The Kier molecular flexibility index (Phi) is 3.26. The standard InChI is InChI=1S/C11H14N2O3/c1-2-4-9(10-5-3-7-15-10)12-13-6-8-16-11(13)14/h2-3,5,7,9,12H,1,4,6,8H2/t9-/m0/s1. The number of nitrogens with one attached hydrogen (secondary N) is 1. The molecule has 1 aromatic heterocycles. The van der Waals surface area contributed by atoms with Crippen LogP contribution in [0.3, 0.4) is 0 Å². The predicted molar refractivity (Wildman–Crippen MR) is 57.5 cm³/mol. The lowest BCUT2D eigenvalue weighted by Crippen LogP contribution is -2.40. The highest BCUT2D eigenvalue weighted by Crippen LogP contribution is 2.19. The maximum Gasteiger partial charge on any atom is 0.424 e. The molecule has 1 saturated heterocycles. The highest BCUT2D eigenvalue weighted by atomic mass is 16.6. The molecule has 1 fully saturated rings. The first-order valence-corrected chi connectivity index (χ1v) is 5.16. The molecular formula is C11H14N2O3. The molecule has 0 spiro atoms. The summed E-state index contributed by atoms with van der Waals surface area (Å²) in [5.41, 5.74) is 3.06. The lowest BCUT2D eigenvalue weighted by Gasteiger charge is -2.21. The number of hydrazine groups is 1. The number of nitrogens with zero attached hydrogens (tertiary/aromatic N) is 1. The summed E-state index contributed by atoms with van der Waals surface area (Å²) in [6.45, 7) is 4.66. The summed E-state index contributed by atoms with van der Waals surface area (Å²) in [6.07, 6.45) is 3.72. The first kappa shape index (κ1) is 10.8. The van der Waals surface area contributed by atoms with E-state index in [-0.39, 0.29) is 12.1 Å². The summed E-state index contributed by atoms with van der Waals surface area (Å²) < 4.78 is 10.1. The van der Waals surface area contributed by atoms with Gasteiger partial charge in [0.1, 0.15) is 12.4 Å². The van der Waals surface area contributed by atoms with E-state index in [4.69, 9.17) is 9.15 Å². The van der Waals surface area contributed by atoms with Crippen LogP contribution in [-0.4, -0.2) is 24.3 Å². The average molecular weight is 222 g/mol. The van der Waals surface area contributed by atoms with Crippen molar-refractivity contribution >= 4 is 6.09 Å². The van der Waals surface area contributed by atoms with Gasteiger partial charge in [-0.25, -0.2) is 15.2 Å². The number of cyclic esters (lactones) is 1. The molecule has 2 heterocycles. The Bertz CT molecular complexity index is 361. The van der Waals surface area contributed by atoms with E-state index in [1.807, 2.05) is 12.1 Å². The molecule has 0 aliphatic carbocycles. The van der Waals surface area contributed by atoms with E-state index in [2.05, 4.69) is 12.0 Å². The van der Waals surface area contributed by atoms with Crippen molar-refractivity contribution < 1.29 is 13.9 Å². The molecule has 0 saturated carbocycles. The van der Waals surface area contributed by atoms with Crippen LogP contribution < -0.4 is 5.43 Å². The third-order valence-electron chi connectivity index (χ3n) is 2.36. The number of hydrogen-bond acceptors (Lipinski definition) is 4. The number of carbonyl (C=O) groups is 1. The lowest BCUT2D eigenvalue weighted by atomic mass is 10.1. The number of furan rings is 1. The second kappa shape index (κ2) is 4.85. The van der Waals surface area contributed by atoms with Crippen molar-refractivity contribution in [2.45, 2.75) is 12.5 Å². The van der Waals surface area contributed by atoms with Crippen LogP contribution in [0, 0.1) is 0 Å². The Morgan fingerprint density at radius 1 is 1.69 bits per heavy atom. The third-order valence-corrected chi connectivity index (χ3v) is 2.36. The second-order valence-electron chi connectivity index (χ2n) is 3.49. The first-order valence-electron chi connectivity index (χ1n) is 5.16. The Morgan fingerprint density at radius 2 is 2.56 bits per heavy atom. The lowest BCUT2D eigenvalue weighted by molar-refractivity contribution is 0.136. The number of amides is 1. The Hall–Kier alpha value is -1.75. The number of hydrogen-bond donors (Lipinski definition) is 1. The van der Waals surface area contributed by atoms with E-state index in [1.165, 1.54) is 5.01 Å². The molecule has 5 nitrogen and oxygen atoms in total. The summed E-state index contributed by atoms with van der Waals surface area (Å²) in [5.74, 6) is 0.777. The number of carbonyl (C=O) groups excluding carboxylic acids is 1. The fraction of sp³-hybridized carbons (Fsp3) is 0.364. The van der Waals surface area contributed by atoms with Crippen molar-refractivity contribution in [1.82, 2.24) is 10.4 Å². The topological polar surface area (TPSA) is 54.7 Å². The molecular weight excluding hydrogens is 208 g/mol. The Balaban J connectivity index is 2.02. The van der Waals surface area contributed by atoms with E-state index in [1.54, 1.807) is 12.3 Å². The van der Waals surface area contributed by atoms with Crippen LogP contribution in [0.5, 0.6) is 0 Å². The normalized spacial score (nSPS) is 17.2. The summed E-state index contributed by atoms with van der Waals surface area (Å²) in [7, 11) is 0. The molecule has 5 heteroatoms. The first-order chi connectivity index (χ1) is 7.81. The fourth-order valence-electron chi connectivity index (χ4n) is 1.59. The zero-order chi connectivity index (χ0) is 11.4. The predicted octanol–water partition coefficient (Wildman–Crippen LogP) is 1.85. The van der Waals surface area contributed by atoms with Crippen LogP contribution in [0.2, 0.25) is 0 Å². The van der Waals surface area contributed by atoms with Gasteiger partial charge in [0, 0.05) is 0 Å². The molecule has 1 amide bonds. The summed E-state index contributed by atoms with van der Waals surface area (Å²) in [4.78, 5) is 11.3. The van der Waals surface area contributed by atoms with Gasteiger partial charge in [-0.1, -0.05) is 6.08 Å². The van der Waals surface area contributed by atoms with Crippen molar-refractivity contribution in [3.8, 4) is 0 Å². The molecule has 1 aliphatic heterocycles. The third kappa shape index (κ3) is 2.25. The minimum atomic E-state index is -0.347. The van der Waals surface area contributed by atoms with Gasteiger partial charge < -0.3 is 9.15 Å². The van der Waals surface area contributed by atoms with Crippen molar-refractivity contribution in [3.05, 3.63) is 36.8 Å². The van der Waals surface area contributed by atoms with Crippen LogP contribution in [0.1, 0.15) is 18.2 Å². The van der Waals surface area contributed by atoms with Gasteiger partial charge in [0.05, 0.1) is 18.8 Å². The summed E-state index contributed by atoms with van der Waals surface area (Å²) in [5, 5.41) is 1.46. The van der Waals surface area contributed by atoms with Crippen LogP contribution in [0.25, 0.3) is 0 Å². The van der Waals surface area contributed by atoms with E-state index < -0.39 is 0 Å². The largest absolute Gasteiger partial charge is 0.468 e.